The maximum atomic E-state index is 13.0. The highest BCUT2D eigenvalue weighted by molar-refractivity contribution is 5.81. The number of phenols is 1. The molecule has 1 heterocycles. The van der Waals surface area contributed by atoms with Gasteiger partial charge in [0.05, 0.1) is 0 Å². The Hall–Kier alpha value is -1.51. The molecule has 1 aromatic rings. The molecular formula is C24H36O3. The summed E-state index contributed by atoms with van der Waals surface area (Å²) in [6.07, 6.45) is -5.07. The fraction of sp³-hybridized carbons (Fsp3) is 0.708. The number of ether oxygens (including phenoxy) is 1. The second-order valence-corrected chi connectivity index (χ2v) is 8.63. The van der Waals surface area contributed by atoms with Gasteiger partial charge in [-0.15, -0.1) is 0 Å². The summed E-state index contributed by atoms with van der Waals surface area (Å²) in [5, 5.41) is 11.1. The highest BCUT2D eigenvalue weighted by atomic mass is 16.5. The number of fused-ring (bicyclic) bond motifs is 3. The predicted octanol–water partition coefficient (Wildman–Crippen LogP) is 6.26. The largest absolute Gasteiger partial charge is 0.508 e. The first-order chi connectivity index (χ1) is 15.7. The Morgan fingerprint density at radius 2 is 2.07 bits per heavy atom. The average Bonchev–Trinajstić information content (AvgIpc) is 2.72. The van der Waals surface area contributed by atoms with E-state index in [2.05, 4.69) is 6.92 Å². The maximum Gasteiger partial charge on any atom is 0.133 e. The fourth-order valence-electron chi connectivity index (χ4n) is 3.82. The molecule has 0 amide bonds. The lowest BCUT2D eigenvalue weighted by Crippen LogP contribution is -2.47. The molecule has 1 N–H and O–H groups in total. The molecule has 1 saturated carbocycles. The number of carbonyl (C=O) groups excluding carboxylic acids is 1. The van der Waals surface area contributed by atoms with Gasteiger partial charge in [-0.3, -0.25) is 4.79 Å². The van der Waals surface area contributed by atoms with Crippen molar-refractivity contribution < 1.29 is 25.6 Å². The van der Waals surface area contributed by atoms with Crippen molar-refractivity contribution in [2.24, 2.45) is 5.89 Å². The van der Waals surface area contributed by atoms with Gasteiger partial charge in [-0.2, -0.15) is 0 Å². The number of phenolic OH excluding ortho intramolecular Hbond substituents is 1. The Labute approximate surface area is 175 Å². The first-order valence-corrected chi connectivity index (χ1v) is 9.80. The number of ketones is 1. The Bertz CT molecular complexity index is 1040. The number of benzene rings is 1. The van der Waals surface area contributed by atoms with Crippen LogP contribution in [0.1, 0.15) is 114 Å². The third kappa shape index (κ3) is 4.02. The second-order valence-electron chi connectivity index (χ2n) is 8.63. The predicted molar refractivity (Wildman–Crippen MR) is 110 cm³/mol. The Kier molecular flexibility index (Phi) is 3.36. The van der Waals surface area contributed by atoms with Crippen molar-refractivity contribution in [3.05, 3.63) is 23.3 Å². The lowest BCUT2D eigenvalue weighted by molar-refractivity contribution is -0.124. The van der Waals surface area contributed by atoms with Crippen LogP contribution in [0, 0.1) is 5.89 Å². The Balaban J connectivity index is 2.29. The summed E-state index contributed by atoms with van der Waals surface area (Å²) in [5.41, 5.74) is -2.19. The lowest BCUT2D eigenvalue weighted by Gasteiger charge is -2.47. The van der Waals surface area contributed by atoms with E-state index in [0.717, 1.165) is 32.1 Å². The van der Waals surface area contributed by atoms with Crippen LogP contribution in [0.25, 0.3) is 0 Å². The average molecular weight is 381 g/mol. The van der Waals surface area contributed by atoms with E-state index >= 15 is 0 Å². The molecule has 3 heteroatoms. The van der Waals surface area contributed by atoms with Crippen LogP contribution >= 0.6 is 0 Å². The van der Waals surface area contributed by atoms with Crippen molar-refractivity contribution in [1.82, 2.24) is 0 Å². The molecule has 1 aromatic carbocycles. The molecule has 0 radical (unpaired) electrons. The summed E-state index contributed by atoms with van der Waals surface area (Å²) in [4.78, 5) is 13.0. The summed E-state index contributed by atoms with van der Waals surface area (Å²) in [5.74, 6) is -8.39. The first-order valence-electron chi connectivity index (χ1n) is 13.8. The van der Waals surface area contributed by atoms with Gasteiger partial charge in [-0.25, -0.2) is 0 Å². The summed E-state index contributed by atoms with van der Waals surface area (Å²) in [7, 11) is 0. The van der Waals surface area contributed by atoms with Gasteiger partial charge in [-0.1, -0.05) is 46.5 Å². The molecule has 1 aliphatic heterocycles. The Morgan fingerprint density at radius 3 is 2.78 bits per heavy atom. The molecule has 1 aliphatic carbocycles. The van der Waals surface area contributed by atoms with Gasteiger partial charge in [0.25, 0.3) is 0 Å². The minimum absolute atomic E-state index is 0.0977. The van der Waals surface area contributed by atoms with Crippen molar-refractivity contribution in [1.29, 1.82) is 0 Å². The van der Waals surface area contributed by atoms with E-state index in [1.807, 2.05) is 13.8 Å². The van der Waals surface area contributed by atoms with Gasteiger partial charge in [-0.05, 0) is 49.8 Å². The van der Waals surface area contributed by atoms with Gasteiger partial charge < -0.3 is 9.84 Å². The highest BCUT2D eigenvalue weighted by Crippen LogP contribution is 2.54. The van der Waals surface area contributed by atoms with Gasteiger partial charge in [0.2, 0.25) is 0 Å². The standard InChI is InChI=1S/C24H36O3/c1-6-7-8-9-12-23(2,3)16-13-20(26)22-18-15-17(25)10-11-19(18)24(4,5)27-21(22)14-16/h13-14,18-19,26H,6-12,15H2,1-5H3/t18-,19-/m1/s1/i10D2,11D2,15D2,18D,19D. The van der Waals surface area contributed by atoms with Crippen LogP contribution in [0.4, 0.5) is 0 Å². The number of aromatic hydroxyl groups is 1. The van der Waals surface area contributed by atoms with Crippen molar-refractivity contribution in [2.75, 3.05) is 0 Å². The van der Waals surface area contributed by atoms with Crippen LogP contribution in [0.2, 0.25) is 0 Å². The number of carbonyl (C=O) groups is 1. The number of hydrogen-bond donors (Lipinski definition) is 1. The Morgan fingerprint density at radius 1 is 1.33 bits per heavy atom. The normalized spacial score (nSPS) is 39.5. The molecule has 0 aromatic heterocycles. The molecule has 27 heavy (non-hydrogen) atoms. The quantitative estimate of drug-likeness (QED) is 0.592. The zero-order valence-corrected chi connectivity index (χ0v) is 17.0. The SMILES string of the molecule is [2H]C1([2H])C(=O)C([2H])([2H])[C@@]2([2H])c3c(O)cc(C(C)(C)CCCCCC)cc3OC(C)(C)[C@]2([2H])C1([2H])[2H]. The highest BCUT2D eigenvalue weighted by Gasteiger charge is 2.47. The second kappa shape index (κ2) is 7.48. The van der Waals surface area contributed by atoms with E-state index < -0.39 is 59.0 Å². The van der Waals surface area contributed by atoms with E-state index in [0.29, 0.717) is 5.56 Å². The number of rotatable bonds is 6. The summed E-state index contributed by atoms with van der Waals surface area (Å²) in [6, 6.07) is 2.95. The molecule has 2 aliphatic rings. The molecule has 0 spiro atoms. The third-order valence-corrected chi connectivity index (χ3v) is 5.52. The molecule has 0 bridgehead atoms. The maximum absolute atomic E-state index is 13.0. The summed E-state index contributed by atoms with van der Waals surface area (Å²) < 4.78 is 74.9. The molecule has 3 nitrogen and oxygen atoms in total. The van der Waals surface area contributed by atoms with Crippen LogP contribution in [-0.2, 0) is 10.2 Å². The van der Waals surface area contributed by atoms with Crippen molar-refractivity contribution in [2.45, 2.75) is 103 Å². The van der Waals surface area contributed by atoms with E-state index in [4.69, 9.17) is 13.0 Å². The number of hydrogen-bond acceptors (Lipinski definition) is 3. The van der Waals surface area contributed by atoms with Crippen LogP contribution in [0.3, 0.4) is 0 Å². The minimum atomic E-state index is -3.41. The van der Waals surface area contributed by atoms with Crippen molar-refractivity contribution in [3.63, 3.8) is 0 Å². The van der Waals surface area contributed by atoms with Crippen molar-refractivity contribution >= 4 is 5.78 Å². The number of Topliss-reactive ketones (excluding diaryl/α,β-unsaturated/α-hetero) is 1. The van der Waals surface area contributed by atoms with Crippen LogP contribution in [0.15, 0.2) is 12.1 Å². The molecule has 150 valence electrons. The van der Waals surface area contributed by atoms with Crippen LogP contribution < -0.4 is 4.74 Å². The van der Waals surface area contributed by atoms with Crippen LogP contribution in [-0.4, -0.2) is 16.5 Å². The topological polar surface area (TPSA) is 46.5 Å². The minimum Gasteiger partial charge on any atom is -0.508 e. The first kappa shape index (κ1) is 12.1. The smallest absolute Gasteiger partial charge is 0.133 e. The van der Waals surface area contributed by atoms with E-state index in [9.17, 15) is 12.6 Å². The molecule has 0 saturated heterocycles. The van der Waals surface area contributed by atoms with E-state index in [1.165, 1.54) is 19.9 Å². The third-order valence-electron chi connectivity index (χ3n) is 5.52. The zero-order chi connectivity index (χ0) is 27.0. The summed E-state index contributed by atoms with van der Waals surface area (Å²) >= 11 is 0. The molecule has 3 rings (SSSR count). The van der Waals surface area contributed by atoms with Gasteiger partial charge in [0.15, 0.2) is 0 Å². The molecule has 0 unspecified atom stereocenters. The summed E-state index contributed by atoms with van der Waals surface area (Å²) in [6.45, 7) is 8.71. The monoisotopic (exact) mass is 380 g/mol. The van der Waals surface area contributed by atoms with Crippen LogP contribution in [0.5, 0.6) is 11.5 Å². The lowest BCUT2D eigenvalue weighted by atomic mass is 9.66. The van der Waals surface area contributed by atoms with E-state index in [1.54, 1.807) is 6.07 Å². The number of unbranched alkanes of at least 4 members (excludes halogenated alkanes) is 3. The van der Waals surface area contributed by atoms with Crippen molar-refractivity contribution in [3.8, 4) is 11.5 Å². The fourth-order valence-corrected chi connectivity index (χ4v) is 3.82. The van der Waals surface area contributed by atoms with Gasteiger partial charge in [0, 0.05) is 41.1 Å². The zero-order valence-electron chi connectivity index (χ0n) is 25.0. The molecule has 1 fully saturated rings. The molecular weight excluding hydrogens is 336 g/mol. The van der Waals surface area contributed by atoms with Gasteiger partial charge in [0.1, 0.15) is 22.9 Å². The van der Waals surface area contributed by atoms with E-state index in [-0.39, 0.29) is 5.75 Å². The molecule has 2 atom stereocenters. The van der Waals surface area contributed by atoms with Gasteiger partial charge >= 0.3 is 0 Å².